The summed E-state index contributed by atoms with van der Waals surface area (Å²) in [6.45, 7) is 6.56. The molecule has 0 unspecified atom stereocenters. The molecule has 0 rings (SSSR count). The van der Waals surface area contributed by atoms with Gasteiger partial charge in [0.1, 0.15) is 0 Å². The minimum atomic E-state index is -0.932. The molecule has 0 radical (unpaired) electrons. The van der Waals surface area contributed by atoms with Crippen LogP contribution in [0.3, 0.4) is 0 Å². The van der Waals surface area contributed by atoms with Crippen LogP contribution in [0.5, 0.6) is 0 Å². The highest BCUT2D eigenvalue weighted by Crippen LogP contribution is 2.51. The Morgan fingerprint density at radius 2 is 2.00 bits per heavy atom. The van der Waals surface area contributed by atoms with Crippen LogP contribution in [0.2, 0.25) is 0 Å². The monoisotopic (exact) mass is 168 g/mol. The van der Waals surface area contributed by atoms with Gasteiger partial charge in [-0.1, -0.05) is 18.7 Å². The average molecular weight is 168 g/mol. The quantitative estimate of drug-likeness (QED) is 0.594. The van der Waals surface area contributed by atoms with Crippen molar-refractivity contribution in [1.29, 1.82) is 0 Å². The molecule has 0 nitrogen and oxygen atoms in total. The molecule has 0 aromatic rings. The summed E-state index contributed by atoms with van der Waals surface area (Å²) in [5.74, 6) is 1.24. The van der Waals surface area contributed by atoms with Gasteiger partial charge in [0.25, 0.3) is 0 Å². The van der Waals surface area contributed by atoms with E-state index in [1.807, 2.05) is 11.4 Å². The molecule has 0 bridgehead atoms. The van der Waals surface area contributed by atoms with Crippen LogP contribution in [-0.2, 0) is 11.8 Å². The third-order valence-corrected chi connectivity index (χ3v) is 5.18. The summed E-state index contributed by atoms with van der Waals surface area (Å²) < 4.78 is 0. The first-order valence-corrected chi connectivity index (χ1v) is 8.04. The second-order valence-corrected chi connectivity index (χ2v) is 12.2. The van der Waals surface area contributed by atoms with E-state index in [0.717, 1.165) is 0 Å². The van der Waals surface area contributed by atoms with Gasteiger partial charge < -0.3 is 0 Å². The molecule has 0 atom stereocenters. The molecule has 50 valence electrons. The van der Waals surface area contributed by atoms with Crippen molar-refractivity contribution in [2.24, 2.45) is 0 Å². The largest absolute Gasteiger partial charge is 0.124 e. The van der Waals surface area contributed by atoms with Gasteiger partial charge >= 0.3 is 0 Å². The second-order valence-electron chi connectivity index (χ2n) is 2.09. The molecule has 0 heterocycles. The molecule has 0 fully saturated rings. The van der Waals surface area contributed by atoms with Crippen molar-refractivity contribution >= 4 is 28.4 Å². The van der Waals surface area contributed by atoms with Gasteiger partial charge in [0.05, 0.1) is 0 Å². The zero-order chi connectivity index (χ0) is 6.62. The number of rotatable bonds is 3. The molecule has 0 aromatic heterocycles. The van der Waals surface area contributed by atoms with E-state index in [-0.39, 0.29) is 0 Å². The number of hydrogen-bond acceptors (Lipinski definition) is 2. The molecule has 0 aliphatic rings. The van der Waals surface area contributed by atoms with Gasteiger partial charge in [-0.05, 0) is 25.5 Å². The SMILES string of the molecule is CCCSP(C)(C)=S. The van der Waals surface area contributed by atoms with E-state index in [0.29, 0.717) is 0 Å². The molecule has 0 aliphatic heterocycles. The molecule has 0 saturated heterocycles. The van der Waals surface area contributed by atoms with Gasteiger partial charge in [0, 0.05) is 5.24 Å². The Balaban J connectivity index is 3.26. The van der Waals surface area contributed by atoms with Crippen LogP contribution in [0.15, 0.2) is 0 Å². The molecule has 0 spiro atoms. The summed E-state index contributed by atoms with van der Waals surface area (Å²) in [6, 6.07) is 0. The Morgan fingerprint density at radius 1 is 1.50 bits per heavy atom. The third-order valence-electron chi connectivity index (χ3n) is 0.606. The minimum Gasteiger partial charge on any atom is -0.124 e. The first-order valence-electron chi connectivity index (χ1n) is 2.76. The average Bonchev–Trinajstić information content (AvgIpc) is 1.59. The van der Waals surface area contributed by atoms with Crippen molar-refractivity contribution in [3.8, 4) is 0 Å². The summed E-state index contributed by atoms with van der Waals surface area (Å²) >= 11 is 7.18. The lowest BCUT2D eigenvalue weighted by Gasteiger charge is -2.06. The maximum absolute atomic E-state index is 5.22. The van der Waals surface area contributed by atoms with Crippen LogP contribution in [0.1, 0.15) is 13.3 Å². The maximum Gasteiger partial charge on any atom is 0.000717 e. The van der Waals surface area contributed by atoms with E-state index in [1.165, 1.54) is 12.2 Å². The van der Waals surface area contributed by atoms with Gasteiger partial charge in [-0.2, -0.15) is 0 Å². The highest BCUT2D eigenvalue weighted by molar-refractivity contribution is 8.70. The Labute approximate surface area is 61.2 Å². The Hall–Kier alpha value is 1.00. The molecule has 8 heavy (non-hydrogen) atoms. The fourth-order valence-corrected chi connectivity index (χ4v) is 3.47. The van der Waals surface area contributed by atoms with Gasteiger partial charge in [0.2, 0.25) is 0 Å². The van der Waals surface area contributed by atoms with Crippen molar-refractivity contribution in [2.75, 3.05) is 19.1 Å². The minimum absolute atomic E-state index is 0.932. The van der Waals surface area contributed by atoms with Gasteiger partial charge in [-0.15, -0.1) is 11.4 Å². The van der Waals surface area contributed by atoms with E-state index in [9.17, 15) is 0 Å². The van der Waals surface area contributed by atoms with E-state index < -0.39 is 5.24 Å². The Morgan fingerprint density at radius 3 is 2.12 bits per heavy atom. The molecule has 0 aliphatic carbocycles. The summed E-state index contributed by atoms with van der Waals surface area (Å²) in [5, 5.41) is -0.932. The fraction of sp³-hybridized carbons (Fsp3) is 1.00. The van der Waals surface area contributed by atoms with Gasteiger partial charge in [-0.3, -0.25) is 0 Å². The van der Waals surface area contributed by atoms with Crippen LogP contribution in [-0.4, -0.2) is 19.1 Å². The lowest BCUT2D eigenvalue weighted by atomic mass is 10.6. The van der Waals surface area contributed by atoms with Crippen molar-refractivity contribution in [2.45, 2.75) is 13.3 Å². The lowest BCUT2D eigenvalue weighted by molar-refractivity contribution is 1.11. The third kappa shape index (κ3) is 7.00. The van der Waals surface area contributed by atoms with Crippen molar-refractivity contribution in [3.63, 3.8) is 0 Å². The normalized spacial score (nSPS) is 11.9. The highest BCUT2D eigenvalue weighted by Gasteiger charge is 1.98. The predicted molar refractivity (Wildman–Crippen MR) is 48.9 cm³/mol. The maximum atomic E-state index is 5.22. The van der Waals surface area contributed by atoms with Crippen molar-refractivity contribution in [3.05, 3.63) is 0 Å². The smallest absolute Gasteiger partial charge is 0.000717 e. The van der Waals surface area contributed by atoms with Crippen molar-refractivity contribution in [1.82, 2.24) is 0 Å². The number of hydrogen-bond donors (Lipinski definition) is 0. The molecule has 0 saturated carbocycles. The Kier molecular flexibility index (Phi) is 4.41. The molecular formula is C5H13PS2. The topological polar surface area (TPSA) is 0 Å². The zero-order valence-corrected chi connectivity index (χ0v) is 8.21. The van der Waals surface area contributed by atoms with E-state index in [2.05, 4.69) is 20.3 Å². The van der Waals surface area contributed by atoms with Crippen LogP contribution in [0.25, 0.3) is 0 Å². The van der Waals surface area contributed by atoms with E-state index in [4.69, 9.17) is 11.8 Å². The molecule has 0 aromatic carbocycles. The van der Waals surface area contributed by atoms with E-state index >= 15 is 0 Å². The van der Waals surface area contributed by atoms with Crippen LogP contribution < -0.4 is 0 Å². The first-order chi connectivity index (χ1) is 3.56. The van der Waals surface area contributed by atoms with Crippen LogP contribution in [0, 0.1) is 0 Å². The summed E-state index contributed by atoms with van der Waals surface area (Å²) in [4.78, 5) is 0. The summed E-state index contributed by atoms with van der Waals surface area (Å²) in [6.07, 6.45) is 1.25. The highest BCUT2D eigenvalue weighted by atomic mass is 32.9. The molecule has 0 amide bonds. The molecule has 3 heteroatoms. The molecular weight excluding hydrogens is 155 g/mol. The lowest BCUT2D eigenvalue weighted by Crippen LogP contribution is -1.71. The summed E-state index contributed by atoms with van der Waals surface area (Å²) in [5.41, 5.74) is 0. The molecule has 0 N–H and O–H groups in total. The first kappa shape index (κ1) is 9.00. The van der Waals surface area contributed by atoms with Gasteiger partial charge in [0.15, 0.2) is 0 Å². The Bertz CT molecular complexity index is 94.6. The van der Waals surface area contributed by atoms with Crippen LogP contribution >= 0.6 is 16.6 Å². The van der Waals surface area contributed by atoms with Gasteiger partial charge in [-0.25, -0.2) is 0 Å². The standard InChI is InChI=1S/C5H13PS2/c1-4-5-8-6(2,3)7/h4-5H2,1-3H3. The van der Waals surface area contributed by atoms with Crippen molar-refractivity contribution < 1.29 is 0 Å². The predicted octanol–water partition coefficient (Wildman–Crippen LogP) is 2.78. The second kappa shape index (κ2) is 3.92. The van der Waals surface area contributed by atoms with E-state index in [1.54, 1.807) is 0 Å². The van der Waals surface area contributed by atoms with Crippen LogP contribution in [0.4, 0.5) is 0 Å². The fourth-order valence-electron chi connectivity index (χ4n) is 0.311. The zero-order valence-electron chi connectivity index (χ0n) is 5.68. The summed E-state index contributed by atoms with van der Waals surface area (Å²) in [7, 11) is 0.